The molecule has 1 fully saturated rings. The second-order valence-corrected chi connectivity index (χ2v) is 5.72. The molecule has 0 aromatic heterocycles. The van der Waals surface area contributed by atoms with Crippen molar-refractivity contribution in [3.8, 4) is 0 Å². The van der Waals surface area contributed by atoms with E-state index in [9.17, 15) is 0 Å². The first-order chi connectivity index (χ1) is 6.33. The van der Waals surface area contributed by atoms with Gasteiger partial charge in [-0.05, 0) is 18.8 Å². The standard InChI is InChI=1S/C11H24N2O/c1-10(2,3)9(12)7-13-11(4)5-6-14-8-11/h9,13H,5-8,12H2,1-4H3. The molecule has 1 saturated heterocycles. The molecule has 0 radical (unpaired) electrons. The van der Waals surface area contributed by atoms with Crippen LogP contribution in [0.3, 0.4) is 0 Å². The van der Waals surface area contributed by atoms with Gasteiger partial charge in [-0.3, -0.25) is 0 Å². The molecule has 1 aliphatic rings. The summed E-state index contributed by atoms with van der Waals surface area (Å²) in [6, 6.07) is 0.194. The summed E-state index contributed by atoms with van der Waals surface area (Å²) in [5.74, 6) is 0. The maximum Gasteiger partial charge on any atom is 0.0646 e. The Labute approximate surface area is 87.4 Å². The Morgan fingerprint density at radius 2 is 2.14 bits per heavy atom. The molecule has 14 heavy (non-hydrogen) atoms. The van der Waals surface area contributed by atoms with E-state index < -0.39 is 0 Å². The van der Waals surface area contributed by atoms with Gasteiger partial charge in [0, 0.05) is 24.7 Å². The molecule has 0 aliphatic carbocycles. The van der Waals surface area contributed by atoms with Gasteiger partial charge in [-0.1, -0.05) is 20.8 Å². The Hall–Kier alpha value is -0.120. The molecular formula is C11H24N2O. The van der Waals surface area contributed by atoms with E-state index in [0.29, 0.717) is 0 Å². The van der Waals surface area contributed by atoms with Crippen molar-refractivity contribution in [1.29, 1.82) is 0 Å². The van der Waals surface area contributed by atoms with E-state index in [4.69, 9.17) is 10.5 Å². The predicted molar refractivity (Wildman–Crippen MR) is 59.3 cm³/mol. The Balaban J connectivity index is 2.33. The highest BCUT2D eigenvalue weighted by Crippen LogP contribution is 2.20. The van der Waals surface area contributed by atoms with Crippen LogP contribution in [0.15, 0.2) is 0 Å². The first-order valence-corrected chi connectivity index (χ1v) is 5.42. The van der Waals surface area contributed by atoms with Gasteiger partial charge < -0.3 is 15.8 Å². The lowest BCUT2D eigenvalue weighted by molar-refractivity contribution is 0.168. The van der Waals surface area contributed by atoms with E-state index in [0.717, 1.165) is 26.2 Å². The number of hydrogen-bond acceptors (Lipinski definition) is 3. The Morgan fingerprint density at radius 3 is 2.57 bits per heavy atom. The van der Waals surface area contributed by atoms with E-state index in [-0.39, 0.29) is 17.0 Å². The maximum absolute atomic E-state index is 6.08. The van der Waals surface area contributed by atoms with Crippen molar-refractivity contribution < 1.29 is 4.74 Å². The molecule has 1 rings (SSSR count). The average molecular weight is 200 g/mol. The molecule has 1 heterocycles. The molecule has 0 bridgehead atoms. The number of nitrogens with one attached hydrogen (secondary N) is 1. The van der Waals surface area contributed by atoms with Crippen LogP contribution in [-0.2, 0) is 4.74 Å². The minimum Gasteiger partial charge on any atom is -0.379 e. The van der Waals surface area contributed by atoms with E-state index in [1.54, 1.807) is 0 Å². The van der Waals surface area contributed by atoms with E-state index in [1.807, 2.05) is 0 Å². The van der Waals surface area contributed by atoms with E-state index in [2.05, 4.69) is 33.0 Å². The number of ether oxygens (including phenoxy) is 1. The number of nitrogens with two attached hydrogens (primary N) is 1. The van der Waals surface area contributed by atoms with Crippen LogP contribution < -0.4 is 11.1 Å². The summed E-state index contributed by atoms with van der Waals surface area (Å²) in [5, 5.41) is 3.51. The van der Waals surface area contributed by atoms with Crippen molar-refractivity contribution in [3.05, 3.63) is 0 Å². The molecule has 0 aromatic carbocycles. The molecule has 0 saturated carbocycles. The molecular weight excluding hydrogens is 176 g/mol. The summed E-state index contributed by atoms with van der Waals surface area (Å²) in [4.78, 5) is 0. The number of rotatable bonds is 3. The summed E-state index contributed by atoms with van der Waals surface area (Å²) in [7, 11) is 0. The van der Waals surface area contributed by atoms with Gasteiger partial charge in [0.05, 0.1) is 6.61 Å². The van der Waals surface area contributed by atoms with Crippen LogP contribution in [-0.4, -0.2) is 31.3 Å². The fourth-order valence-corrected chi connectivity index (χ4v) is 1.47. The lowest BCUT2D eigenvalue weighted by Crippen LogP contribution is -2.51. The molecule has 0 aromatic rings. The highest BCUT2D eigenvalue weighted by molar-refractivity contribution is 4.90. The molecule has 1 aliphatic heterocycles. The Bertz CT molecular complexity index is 180. The topological polar surface area (TPSA) is 47.3 Å². The van der Waals surface area contributed by atoms with Gasteiger partial charge in [0.2, 0.25) is 0 Å². The first kappa shape index (κ1) is 12.0. The third-order valence-electron chi connectivity index (χ3n) is 3.08. The second kappa shape index (κ2) is 4.17. The lowest BCUT2D eigenvalue weighted by Gasteiger charge is -2.31. The first-order valence-electron chi connectivity index (χ1n) is 5.42. The van der Waals surface area contributed by atoms with Gasteiger partial charge in [0.15, 0.2) is 0 Å². The molecule has 0 amide bonds. The minimum absolute atomic E-state index is 0.142. The van der Waals surface area contributed by atoms with Crippen LogP contribution in [0.4, 0.5) is 0 Å². The minimum atomic E-state index is 0.142. The zero-order valence-corrected chi connectivity index (χ0v) is 9.89. The maximum atomic E-state index is 6.08. The fraction of sp³-hybridized carbons (Fsp3) is 1.00. The third-order valence-corrected chi connectivity index (χ3v) is 3.08. The van der Waals surface area contributed by atoms with Gasteiger partial charge in [-0.25, -0.2) is 0 Å². The lowest BCUT2D eigenvalue weighted by atomic mass is 9.87. The Morgan fingerprint density at radius 1 is 1.50 bits per heavy atom. The van der Waals surface area contributed by atoms with E-state index in [1.165, 1.54) is 0 Å². The van der Waals surface area contributed by atoms with Crippen molar-refractivity contribution in [1.82, 2.24) is 5.32 Å². The molecule has 2 atom stereocenters. The largest absolute Gasteiger partial charge is 0.379 e. The molecule has 3 nitrogen and oxygen atoms in total. The molecule has 3 heteroatoms. The van der Waals surface area contributed by atoms with Crippen molar-refractivity contribution in [3.63, 3.8) is 0 Å². The zero-order chi connectivity index (χ0) is 10.8. The molecule has 2 unspecified atom stereocenters. The van der Waals surface area contributed by atoms with Crippen molar-refractivity contribution in [2.45, 2.75) is 45.7 Å². The molecule has 3 N–H and O–H groups in total. The summed E-state index contributed by atoms with van der Waals surface area (Å²) in [5.41, 5.74) is 6.40. The van der Waals surface area contributed by atoms with Gasteiger partial charge in [-0.15, -0.1) is 0 Å². The number of hydrogen-bond donors (Lipinski definition) is 2. The molecule has 84 valence electrons. The quantitative estimate of drug-likeness (QED) is 0.718. The van der Waals surface area contributed by atoms with Gasteiger partial charge in [0.25, 0.3) is 0 Å². The zero-order valence-electron chi connectivity index (χ0n) is 9.89. The Kier molecular flexibility index (Phi) is 3.56. The smallest absolute Gasteiger partial charge is 0.0646 e. The summed E-state index contributed by atoms with van der Waals surface area (Å²) < 4.78 is 5.37. The van der Waals surface area contributed by atoms with Crippen LogP contribution in [0.25, 0.3) is 0 Å². The van der Waals surface area contributed by atoms with Gasteiger partial charge >= 0.3 is 0 Å². The van der Waals surface area contributed by atoms with Crippen molar-refractivity contribution in [2.75, 3.05) is 19.8 Å². The van der Waals surface area contributed by atoms with Crippen LogP contribution in [0.1, 0.15) is 34.1 Å². The normalized spacial score (nSPS) is 30.6. The van der Waals surface area contributed by atoms with Crippen molar-refractivity contribution >= 4 is 0 Å². The van der Waals surface area contributed by atoms with Crippen LogP contribution in [0.2, 0.25) is 0 Å². The molecule has 0 spiro atoms. The SMILES string of the molecule is CC1(NCC(N)C(C)(C)C)CCOC1. The summed E-state index contributed by atoms with van der Waals surface area (Å²) >= 11 is 0. The van der Waals surface area contributed by atoms with Crippen LogP contribution in [0.5, 0.6) is 0 Å². The second-order valence-electron chi connectivity index (χ2n) is 5.72. The summed E-state index contributed by atoms with van der Waals surface area (Å²) in [6.45, 7) is 11.3. The van der Waals surface area contributed by atoms with Gasteiger partial charge in [-0.2, -0.15) is 0 Å². The summed E-state index contributed by atoms with van der Waals surface area (Å²) in [6.07, 6.45) is 1.09. The highest BCUT2D eigenvalue weighted by Gasteiger charge is 2.30. The van der Waals surface area contributed by atoms with Gasteiger partial charge in [0.1, 0.15) is 0 Å². The van der Waals surface area contributed by atoms with Crippen molar-refractivity contribution in [2.24, 2.45) is 11.1 Å². The predicted octanol–water partition coefficient (Wildman–Crippen LogP) is 1.13. The third kappa shape index (κ3) is 3.23. The highest BCUT2D eigenvalue weighted by atomic mass is 16.5. The van der Waals surface area contributed by atoms with Crippen LogP contribution >= 0.6 is 0 Å². The average Bonchev–Trinajstić information content (AvgIpc) is 2.47. The van der Waals surface area contributed by atoms with Crippen LogP contribution in [0, 0.1) is 5.41 Å². The monoisotopic (exact) mass is 200 g/mol. The van der Waals surface area contributed by atoms with E-state index >= 15 is 0 Å². The fourth-order valence-electron chi connectivity index (χ4n) is 1.47.